The van der Waals surface area contributed by atoms with Gasteiger partial charge in [-0.3, -0.25) is 4.79 Å². The van der Waals surface area contributed by atoms with Crippen LogP contribution in [0.15, 0.2) is 41.9 Å². The number of aldehydes is 1. The molecule has 0 bridgehead atoms. The first kappa shape index (κ1) is 22.0. The highest BCUT2D eigenvalue weighted by atomic mass is 19.1. The number of nitrogens with two attached hydrogens (primary N) is 2. The Bertz CT molecular complexity index is 1220. The Balaban J connectivity index is 1.59. The van der Waals surface area contributed by atoms with Crippen molar-refractivity contribution in [3.05, 3.63) is 70.1 Å². The van der Waals surface area contributed by atoms with Gasteiger partial charge in [0, 0.05) is 29.8 Å². The molecule has 0 spiro atoms. The second-order valence-electron chi connectivity index (χ2n) is 7.94. The standard InChI is InChI=1S/C23H23FN6O3/c1-12-14(11-31)5-13(8-25)23(29-12)33-16-6-15-9-28-22(27)20(30(15)10-16)7-19(26)17-3-2-4-18(24)21(17)32/h2-5,7,11,15-16,28,32H,6,9-10,26-27H2,1H3/b19-7-. The fraction of sp³-hybridized carbons (Fsp3) is 0.261. The van der Waals surface area contributed by atoms with Crippen LogP contribution in [0.5, 0.6) is 11.6 Å². The van der Waals surface area contributed by atoms with Gasteiger partial charge in [-0.05, 0) is 31.2 Å². The second-order valence-corrected chi connectivity index (χ2v) is 7.94. The monoisotopic (exact) mass is 450 g/mol. The quantitative estimate of drug-likeness (QED) is 0.497. The normalized spacial score (nSPS) is 20.2. The van der Waals surface area contributed by atoms with E-state index in [9.17, 15) is 19.6 Å². The molecule has 0 radical (unpaired) electrons. The van der Waals surface area contributed by atoms with Crippen molar-refractivity contribution in [2.45, 2.75) is 25.5 Å². The molecule has 1 aromatic carbocycles. The average Bonchev–Trinajstić information content (AvgIpc) is 3.20. The van der Waals surface area contributed by atoms with E-state index in [4.69, 9.17) is 16.2 Å². The fourth-order valence-electron chi connectivity index (χ4n) is 4.10. The van der Waals surface area contributed by atoms with Crippen LogP contribution in [-0.2, 0) is 0 Å². The SMILES string of the molecule is Cc1nc(OC2CC3CNC(N)=C(/C=C(\N)c4cccc(F)c4O)N3C2)c(C#N)cc1C=O. The summed E-state index contributed by atoms with van der Waals surface area (Å²) in [4.78, 5) is 17.5. The molecule has 170 valence electrons. The molecule has 9 nitrogen and oxygen atoms in total. The van der Waals surface area contributed by atoms with Gasteiger partial charge in [-0.15, -0.1) is 0 Å². The zero-order valence-corrected chi connectivity index (χ0v) is 17.9. The zero-order valence-electron chi connectivity index (χ0n) is 17.9. The van der Waals surface area contributed by atoms with E-state index in [-0.39, 0.29) is 34.8 Å². The van der Waals surface area contributed by atoms with E-state index in [0.29, 0.717) is 48.6 Å². The lowest BCUT2D eigenvalue weighted by atomic mass is 10.1. The number of phenolic OH excluding ortho intramolecular Hbond substituents is 1. The molecule has 0 aliphatic carbocycles. The van der Waals surface area contributed by atoms with E-state index in [2.05, 4.69) is 10.3 Å². The highest BCUT2D eigenvalue weighted by Gasteiger charge is 2.38. The van der Waals surface area contributed by atoms with Gasteiger partial charge in [0.15, 0.2) is 17.9 Å². The summed E-state index contributed by atoms with van der Waals surface area (Å²) in [6.07, 6.45) is 2.58. The number of aryl methyl sites for hydroxylation is 1. The number of fused-ring (bicyclic) bond motifs is 1. The van der Waals surface area contributed by atoms with Gasteiger partial charge < -0.3 is 31.5 Å². The van der Waals surface area contributed by atoms with Crippen molar-refractivity contribution in [2.75, 3.05) is 13.1 Å². The molecule has 0 saturated carbocycles. The van der Waals surface area contributed by atoms with Crippen molar-refractivity contribution < 1.29 is 19.0 Å². The number of halogens is 1. The van der Waals surface area contributed by atoms with Gasteiger partial charge in [-0.1, -0.05) is 6.07 Å². The molecule has 33 heavy (non-hydrogen) atoms. The largest absolute Gasteiger partial charge is 0.504 e. The summed E-state index contributed by atoms with van der Waals surface area (Å²) in [6, 6.07) is 7.64. The van der Waals surface area contributed by atoms with Crippen LogP contribution in [0.3, 0.4) is 0 Å². The maximum Gasteiger partial charge on any atom is 0.232 e. The number of benzene rings is 1. The Hall–Kier alpha value is -4.26. The third-order valence-electron chi connectivity index (χ3n) is 5.82. The van der Waals surface area contributed by atoms with Crippen LogP contribution < -0.4 is 21.5 Å². The minimum atomic E-state index is -0.767. The molecule has 6 N–H and O–H groups in total. The fourth-order valence-corrected chi connectivity index (χ4v) is 4.10. The van der Waals surface area contributed by atoms with E-state index in [1.165, 1.54) is 18.2 Å². The van der Waals surface area contributed by atoms with Gasteiger partial charge >= 0.3 is 0 Å². The number of allylic oxidation sites excluding steroid dienone is 1. The van der Waals surface area contributed by atoms with E-state index < -0.39 is 11.6 Å². The lowest BCUT2D eigenvalue weighted by Crippen LogP contribution is -2.45. The number of aromatic hydroxyl groups is 1. The van der Waals surface area contributed by atoms with Crippen LogP contribution in [0, 0.1) is 24.1 Å². The number of rotatable bonds is 5. The van der Waals surface area contributed by atoms with Gasteiger partial charge in [0.05, 0.1) is 24.0 Å². The van der Waals surface area contributed by atoms with Crippen LogP contribution in [0.25, 0.3) is 5.70 Å². The molecule has 2 aliphatic heterocycles. The van der Waals surface area contributed by atoms with Crippen LogP contribution in [0.1, 0.15) is 33.6 Å². The summed E-state index contributed by atoms with van der Waals surface area (Å²) in [6.45, 7) is 2.70. The summed E-state index contributed by atoms with van der Waals surface area (Å²) in [5.74, 6) is -0.723. The van der Waals surface area contributed by atoms with Gasteiger partial charge in [0.25, 0.3) is 0 Å². The first-order valence-corrected chi connectivity index (χ1v) is 10.3. The van der Waals surface area contributed by atoms with Crippen LogP contribution in [0.2, 0.25) is 0 Å². The van der Waals surface area contributed by atoms with Crippen molar-refractivity contribution in [1.82, 2.24) is 15.2 Å². The first-order valence-electron chi connectivity index (χ1n) is 10.3. The number of ether oxygens (including phenoxy) is 1. The number of hydrogen-bond donors (Lipinski definition) is 4. The Labute approximate surface area is 189 Å². The number of hydrogen-bond acceptors (Lipinski definition) is 9. The number of para-hydroxylation sites is 1. The number of phenols is 1. The van der Waals surface area contributed by atoms with Crippen molar-refractivity contribution in [3.63, 3.8) is 0 Å². The minimum absolute atomic E-state index is 0.0309. The number of carbonyl (C=O) groups excluding carboxylic acids is 1. The molecular weight excluding hydrogens is 427 g/mol. The number of pyridine rings is 1. The maximum atomic E-state index is 13.7. The highest BCUT2D eigenvalue weighted by molar-refractivity contribution is 5.77. The van der Waals surface area contributed by atoms with E-state index in [1.54, 1.807) is 13.0 Å². The Morgan fingerprint density at radius 3 is 3.00 bits per heavy atom. The molecule has 2 unspecified atom stereocenters. The summed E-state index contributed by atoms with van der Waals surface area (Å²) < 4.78 is 19.8. The Morgan fingerprint density at radius 1 is 1.48 bits per heavy atom. The molecule has 3 heterocycles. The van der Waals surface area contributed by atoms with Crippen molar-refractivity contribution >= 4 is 12.0 Å². The zero-order chi connectivity index (χ0) is 23.7. The minimum Gasteiger partial charge on any atom is -0.504 e. The molecule has 0 amide bonds. The van der Waals surface area contributed by atoms with Gasteiger partial charge in [0.1, 0.15) is 23.6 Å². The molecule has 1 saturated heterocycles. The van der Waals surface area contributed by atoms with Crippen LogP contribution >= 0.6 is 0 Å². The van der Waals surface area contributed by atoms with E-state index in [0.717, 1.165) is 6.07 Å². The lowest BCUT2D eigenvalue weighted by molar-refractivity contribution is 0.112. The van der Waals surface area contributed by atoms with Gasteiger partial charge in [-0.2, -0.15) is 5.26 Å². The number of aromatic nitrogens is 1. The predicted molar refractivity (Wildman–Crippen MR) is 118 cm³/mol. The molecule has 4 rings (SSSR count). The molecule has 2 atom stereocenters. The summed E-state index contributed by atoms with van der Waals surface area (Å²) in [7, 11) is 0. The smallest absolute Gasteiger partial charge is 0.232 e. The first-order chi connectivity index (χ1) is 15.8. The Morgan fingerprint density at radius 2 is 2.27 bits per heavy atom. The van der Waals surface area contributed by atoms with E-state index in [1.807, 2.05) is 11.0 Å². The molecule has 10 heteroatoms. The third kappa shape index (κ3) is 4.13. The molecule has 2 aliphatic rings. The molecular formula is C23H23FN6O3. The second kappa shape index (κ2) is 8.70. The van der Waals surface area contributed by atoms with Gasteiger partial charge in [-0.25, -0.2) is 9.37 Å². The van der Waals surface area contributed by atoms with Gasteiger partial charge in [0.2, 0.25) is 5.88 Å². The summed E-state index contributed by atoms with van der Waals surface area (Å²) in [5, 5.41) is 22.6. The number of nitrogens with one attached hydrogen (secondary N) is 1. The predicted octanol–water partition coefficient (Wildman–Crippen LogP) is 1.47. The third-order valence-corrected chi connectivity index (χ3v) is 5.82. The van der Waals surface area contributed by atoms with Crippen molar-refractivity contribution in [3.8, 4) is 17.7 Å². The number of carbonyl (C=O) groups is 1. The van der Waals surface area contributed by atoms with Crippen molar-refractivity contribution in [2.24, 2.45) is 11.5 Å². The molecule has 1 fully saturated rings. The van der Waals surface area contributed by atoms with Crippen LogP contribution in [-0.4, -0.2) is 46.5 Å². The Kier molecular flexibility index (Phi) is 5.79. The number of nitrogens with zero attached hydrogens (tertiary/aromatic N) is 3. The lowest BCUT2D eigenvalue weighted by Gasteiger charge is -2.34. The number of nitriles is 1. The average molecular weight is 450 g/mol. The van der Waals surface area contributed by atoms with Crippen molar-refractivity contribution in [1.29, 1.82) is 5.26 Å². The molecule has 1 aromatic heterocycles. The summed E-state index contributed by atoms with van der Waals surface area (Å²) >= 11 is 0. The molecule has 2 aromatic rings. The van der Waals surface area contributed by atoms with E-state index >= 15 is 0 Å². The maximum absolute atomic E-state index is 13.7. The van der Waals surface area contributed by atoms with Crippen LogP contribution in [0.4, 0.5) is 4.39 Å². The topological polar surface area (TPSA) is 151 Å². The highest BCUT2D eigenvalue weighted by Crippen LogP contribution is 2.32. The summed E-state index contributed by atoms with van der Waals surface area (Å²) in [5.41, 5.74) is 14.3.